The van der Waals surface area contributed by atoms with Gasteiger partial charge >= 0.3 is 5.69 Å². The molecule has 0 saturated carbocycles. The number of thiophene rings is 1. The van der Waals surface area contributed by atoms with Crippen molar-refractivity contribution >= 4 is 27.9 Å². The van der Waals surface area contributed by atoms with E-state index in [1.54, 1.807) is 18.2 Å². The van der Waals surface area contributed by atoms with Gasteiger partial charge in [0.15, 0.2) is 0 Å². The van der Waals surface area contributed by atoms with E-state index in [-0.39, 0.29) is 31.1 Å². The van der Waals surface area contributed by atoms with Crippen LogP contribution < -0.4 is 16.3 Å². The average Bonchev–Trinajstić information content (AvgIpc) is 3.34. The molecule has 4 rings (SSSR count). The first-order valence-corrected chi connectivity index (χ1v) is 10.1. The van der Waals surface area contributed by atoms with E-state index in [1.807, 2.05) is 6.07 Å². The summed E-state index contributed by atoms with van der Waals surface area (Å²) in [7, 11) is 0. The van der Waals surface area contributed by atoms with Crippen LogP contribution in [0.4, 0.5) is 19.5 Å². The number of hydrogen-bond acceptors (Lipinski definition) is 5. The summed E-state index contributed by atoms with van der Waals surface area (Å²) in [6.07, 6.45) is 2.56. The molecule has 0 fully saturated rings. The molecule has 2 N–H and O–H groups in total. The Kier molecular flexibility index (Phi) is 5.60. The van der Waals surface area contributed by atoms with Crippen molar-refractivity contribution in [1.29, 1.82) is 0 Å². The molecule has 2 aromatic heterocycles. The van der Waals surface area contributed by atoms with Crippen molar-refractivity contribution in [2.75, 3.05) is 11.4 Å². The summed E-state index contributed by atoms with van der Waals surface area (Å²) in [5.74, 6) is -0.608. The summed E-state index contributed by atoms with van der Waals surface area (Å²) in [6, 6.07) is 8.34. The predicted octanol–water partition coefficient (Wildman–Crippen LogP) is 2.72. The lowest BCUT2D eigenvalue weighted by Crippen LogP contribution is -2.31. The smallest absolute Gasteiger partial charge is 0.327 e. The second-order valence-corrected chi connectivity index (χ2v) is 8.03. The molecule has 3 aromatic rings. The van der Waals surface area contributed by atoms with Gasteiger partial charge in [-0.25, -0.2) is 18.3 Å². The van der Waals surface area contributed by atoms with E-state index in [2.05, 4.69) is 5.10 Å². The van der Waals surface area contributed by atoms with Crippen LogP contribution in [0.1, 0.15) is 16.9 Å². The molecule has 0 unspecified atom stereocenters. The standard InChI is InChI=1S/C20H19F2N5O2S/c21-8-13(9-23)10-26-20(29)25(12-24-26)11-15-5-7-18(30-15)27-17(28)6-4-14-2-1-3-16(22)19(14)27/h1-3,5,7-8,12H,4,6,9-11,23H2/b13-8+. The maximum Gasteiger partial charge on any atom is 0.346 e. The third kappa shape index (κ3) is 3.71. The molecule has 1 amide bonds. The zero-order valence-corrected chi connectivity index (χ0v) is 16.7. The van der Waals surface area contributed by atoms with E-state index in [1.165, 1.54) is 33.2 Å². The van der Waals surface area contributed by atoms with E-state index < -0.39 is 11.5 Å². The molecule has 156 valence electrons. The van der Waals surface area contributed by atoms with E-state index in [4.69, 9.17) is 5.73 Å². The maximum absolute atomic E-state index is 14.5. The van der Waals surface area contributed by atoms with Gasteiger partial charge in [0.05, 0.1) is 25.1 Å². The third-order valence-corrected chi connectivity index (χ3v) is 5.97. The Morgan fingerprint density at radius 2 is 2.07 bits per heavy atom. The first-order chi connectivity index (χ1) is 14.5. The van der Waals surface area contributed by atoms with Crippen molar-refractivity contribution in [2.24, 2.45) is 5.73 Å². The minimum absolute atomic E-state index is 0.00795. The van der Waals surface area contributed by atoms with E-state index in [9.17, 15) is 18.4 Å². The fourth-order valence-electron chi connectivity index (χ4n) is 3.39. The quantitative estimate of drug-likeness (QED) is 0.650. The summed E-state index contributed by atoms with van der Waals surface area (Å²) < 4.78 is 29.7. The molecule has 10 heteroatoms. The van der Waals surface area contributed by atoms with E-state index in [0.717, 1.165) is 15.1 Å². The number of para-hydroxylation sites is 1. The molecule has 0 bridgehead atoms. The minimum atomic E-state index is -0.440. The van der Waals surface area contributed by atoms with Gasteiger partial charge < -0.3 is 5.73 Å². The van der Waals surface area contributed by atoms with Gasteiger partial charge in [-0.1, -0.05) is 12.1 Å². The highest BCUT2D eigenvalue weighted by atomic mass is 32.1. The fourth-order valence-corrected chi connectivity index (χ4v) is 4.42. The lowest BCUT2D eigenvalue weighted by atomic mass is 10.0. The van der Waals surface area contributed by atoms with Crippen LogP contribution in [0.25, 0.3) is 0 Å². The van der Waals surface area contributed by atoms with Crippen LogP contribution in [0.3, 0.4) is 0 Å². The molecule has 0 aliphatic carbocycles. The second-order valence-electron chi connectivity index (χ2n) is 6.89. The third-order valence-electron chi connectivity index (χ3n) is 4.91. The Bertz CT molecular complexity index is 1180. The van der Waals surface area contributed by atoms with Crippen molar-refractivity contribution in [3.8, 4) is 0 Å². The van der Waals surface area contributed by atoms with Crippen LogP contribution in [0.2, 0.25) is 0 Å². The summed E-state index contributed by atoms with van der Waals surface area (Å²) in [5, 5.41) is 4.58. The minimum Gasteiger partial charge on any atom is -0.327 e. The molecule has 30 heavy (non-hydrogen) atoms. The number of anilines is 2. The summed E-state index contributed by atoms with van der Waals surface area (Å²) >= 11 is 1.30. The monoisotopic (exact) mass is 431 g/mol. The van der Waals surface area contributed by atoms with Gasteiger partial charge in [0.2, 0.25) is 5.91 Å². The number of aromatic nitrogens is 3. The Hall–Kier alpha value is -3.11. The maximum atomic E-state index is 14.5. The van der Waals surface area contributed by atoms with Gasteiger partial charge in [0.25, 0.3) is 0 Å². The van der Waals surface area contributed by atoms with Crippen LogP contribution in [-0.4, -0.2) is 26.8 Å². The molecular formula is C20H19F2N5O2S. The summed E-state index contributed by atoms with van der Waals surface area (Å²) in [6.45, 7) is 0.200. The molecule has 0 saturated heterocycles. The van der Waals surface area contributed by atoms with Crippen LogP contribution in [-0.2, 0) is 24.3 Å². The number of halogens is 2. The number of aryl methyl sites for hydroxylation is 1. The highest BCUT2D eigenvalue weighted by molar-refractivity contribution is 7.16. The first kappa shape index (κ1) is 20.2. The van der Waals surface area contributed by atoms with Gasteiger partial charge in [0.1, 0.15) is 17.1 Å². The lowest BCUT2D eigenvalue weighted by Gasteiger charge is -2.28. The molecule has 1 aromatic carbocycles. The van der Waals surface area contributed by atoms with Gasteiger partial charge in [-0.05, 0) is 35.8 Å². The molecule has 0 atom stereocenters. The van der Waals surface area contributed by atoms with Crippen molar-refractivity contribution in [1.82, 2.24) is 14.3 Å². The van der Waals surface area contributed by atoms with Crippen LogP contribution in [0.15, 0.2) is 53.4 Å². The van der Waals surface area contributed by atoms with Gasteiger partial charge in [-0.3, -0.25) is 14.3 Å². The van der Waals surface area contributed by atoms with Gasteiger partial charge in [0, 0.05) is 17.8 Å². The lowest BCUT2D eigenvalue weighted by molar-refractivity contribution is -0.118. The fraction of sp³-hybridized carbons (Fsp3) is 0.250. The van der Waals surface area contributed by atoms with Crippen molar-refractivity contribution in [3.05, 3.63) is 75.3 Å². The highest BCUT2D eigenvalue weighted by Gasteiger charge is 2.29. The van der Waals surface area contributed by atoms with Crippen molar-refractivity contribution in [3.63, 3.8) is 0 Å². The number of benzene rings is 1. The number of amides is 1. The highest BCUT2D eigenvalue weighted by Crippen LogP contribution is 2.39. The van der Waals surface area contributed by atoms with Crippen LogP contribution in [0, 0.1) is 5.82 Å². The normalized spacial score (nSPS) is 14.3. The van der Waals surface area contributed by atoms with E-state index in [0.29, 0.717) is 29.9 Å². The van der Waals surface area contributed by atoms with Crippen LogP contribution >= 0.6 is 11.3 Å². The molecule has 1 aliphatic heterocycles. The van der Waals surface area contributed by atoms with Gasteiger partial charge in [-0.15, -0.1) is 11.3 Å². The molecule has 0 radical (unpaired) electrons. The van der Waals surface area contributed by atoms with E-state index >= 15 is 0 Å². The number of rotatable bonds is 6. The number of carbonyl (C=O) groups excluding carboxylic acids is 1. The number of nitrogens with two attached hydrogens (primary N) is 1. The Morgan fingerprint density at radius 1 is 1.23 bits per heavy atom. The number of nitrogens with zero attached hydrogens (tertiary/aromatic N) is 4. The predicted molar refractivity (Wildman–Crippen MR) is 110 cm³/mol. The summed E-state index contributed by atoms with van der Waals surface area (Å²) in [5.41, 5.74) is 6.36. The molecular weight excluding hydrogens is 412 g/mol. The SMILES string of the molecule is NC/C(=C\F)Cn1ncn(Cc2ccc(N3C(=O)CCc4cccc(F)c43)s2)c1=O. The molecule has 3 heterocycles. The number of fused-ring (bicyclic) bond motifs is 1. The molecule has 0 spiro atoms. The summed E-state index contributed by atoms with van der Waals surface area (Å²) in [4.78, 5) is 27.2. The van der Waals surface area contributed by atoms with Crippen molar-refractivity contribution < 1.29 is 13.6 Å². The zero-order valence-electron chi connectivity index (χ0n) is 15.9. The van der Waals surface area contributed by atoms with Crippen LogP contribution in [0.5, 0.6) is 0 Å². The van der Waals surface area contributed by atoms with Crippen molar-refractivity contribution in [2.45, 2.75) is 25.9 Å². The number of carbonyl (C=O) groups is 1. The molecule has 1 aliphatic rings. The zero-order chi connectivity index (χ0) is 21.3. The largest absolute Gasteiger partial charge is 0.346 e. The number of hydrogen-bond donors (Lipinski definition) is 1. The Balaban J connectivity index is 1.59. The first-order valence-electron chi connectivity index (χ1n) is 9.31. The second kappa shape index (κ2) is 8.33. The Morgan fingerprint density at radius 3 is 2.83 bits per heavy atom. The topological polar surface area (TPSA) is 86.2 Å². The molecule has 7 nitrogen and oxygen atoms in total. The Labute approximate surface area is 174 Å². The average molecular weight is 431 g/mol. The van der Waals surface area contributed by atoms with Gasteiger partial charge in [-0.2, -0.15) is 5.10 Å².